The van der Waals surface area contributed by atoms with Gasteiger partial charge in [0.25, 0.3) is 0 Å². The Labute approximate surface area is 154 Å². The predicted molar refractivity (Wildman–Crippen MR) is 96.4 cm³/mol. The molecule has 0 aromatic carbocycles. The molecule has 2 atom stereocenters. The standard InChI is InChI=1S/C18H30N2O6/c1-9(2)15(21)19-11(5)7-13(17(23)24)14(18(25)26)8-12(6)20-16(22)10(3)4/h9-12H,7-8H2,1-6H3,(H,19,21)(H,20,22)(H,23,24)(H,25,26)/b14-13+/t11-,12-/m1/s1. The summed E-state index contributed by atoms with van der Waals surface area (Å²) in [5, 5.41) is 24.2. The van der Waals surface area contributed by atoms with Crippen molar-refractivity contribution in [1.82, 2.24) is 10.6 Å². The lowest BCUT2D eigenvalue weighted by atomic mass is 9.96. The van der Waals surface area contributed by atoms with Crippen molar-refractivity contribution in [2.24, 2.45) is 11.8 Å². The van der Waals surface area contributed by atoms with Gasteiger partial charge >= 0.3 is 11.9 Å². The Hall–Kier alpha value is -2.38. The minimum atomic E-state index is -1.35. The topological polar surface area (TPSA) is 133 Å². The fourth-order valence-electron chi connectivity index (χ4n) is 2.21. The Morgan fingerprint density at radius 1 is 0.654 bits per heavy atom. The Kier molecular flexibility index (Phi) is 9.61. The Morgan fingerprint density at radius 3 is 1.12 bits per heavy atom. The van der Waals surface area contributed by atoms with Crippen molar-refractivity contribution in [2.45, 2.75) is 66.5 Å². The summed E-state index contributed by atoms with van der Waals surface area (Å²) in [5.74, 6) is -3.71. The van der Waals surface area contributed by atoms with Crippen LogP contribution >= 0.6 is 0 Å². The van der Waals surface area contributed by atoms with Crippen molar-refractivity contribution in [2.75, 3.05) is 0 Å². The molecule has 0 heterocycles. The molecular formula is C18H30N2O6. The van der Waals surface area contributed by atoms with Gasteiger partial charge < -0.3 is 20.8 Å². The van der Waals surface area contributed by atoms with E-state index in [0.717, 1.165) is 0 Å². The third kappa shape index (κ3) is 8.13. The first-order valence-electron chi connectivity index (χ1n) is 8.66. The van der Waals surface area contributed by atoms with E-state index in [1.54, 1.807) is 41.5 Å². The van der Waals surface area contributed by atoms with Gasteiger partial charge in [-0.05, 0) is 13.8 Å². The number of carboxylic acid groups (broad SMARTS) is 2. The number of rotatable bonds is 10. The lowest BCUT2D eigenvalue weighted by Gasteiger charge is -2.20. The number of hydrogen-bond acceptors (Lipinski definition) is 4. The molecule has 4 N–H and O–H groups in total. The molecule has 0 spiro atoms. The minimum Gasteiger partial charge on any atom is -0.478 e. The van der Waals surface area contributed by atoms with Gasteiger partial charge in [-0.3, -0.25) is 9.59 Å². The Bertz CT molecular complexity index is 530. The van der Waals surface area contributed by atoms with Crippen LogP contribution in [-0.2, 0) is 19.2 Å². The summed E-state index contributed by atoms with van der Waals surface area (Å²) >= 11 is 0. The largest absolute Gasteiger partial charge is 0.478 e. The molecule has 0 saturated heterocycles. The van der Waals surface area contributed by atoms with Crippen LogP contribution in [0.1, 0.15) is 54.4 Å². The summed E-state index contributed by atoms with van der Waals surface area (Å²) in [5.41, 5.74) is -0.556. The Morgan fingerprint density at radius 2 is 0.923 bits per heavy atom. The number of nitrogens with one attached hydrogen (secondary N) is 2. The van der Waals surface area contributed by atoms with Gasteiger partial charge in [-0.1, -0.05) is 27.7 Å². The zero-order chi connectivity index (χ0) is 20.6. The zero-order valence-corrected chi connectivity index (χ0v) is 16.3. The first-order valence-corrected chi connectivity index (χ1v) is 8.66. The van der Waals surface area contributed by atoms with Gasteiger partial charge in [0.05, 0.1) is 0 Å². The summed E-state index contributed by atoms with van der Waals surface area (Å²) in [6, 6.07) is -1.07. The monoisotopic (exact) mass is 370 g/mol. The van der Waals surface area contributed by atoms with E-state index in [1.165, 1.54) is 0 Å². The second kappa shape index (κ2) is 10.6. The molecule has 0 bridgehead atoms. The average molecular weight is 370 g/mol. The highest BCUT2D eigenvalue weighted by Crippen LogP contribution is 2.18. The summed E-state index contributed by atoms with van der Waals surface area (Å²) < 4.78 is 0. The average Bonchev–Trinajstić information content (AvgIpc) is 2.49. The molecule has 0 unspecified atom stereocenters. The second-order valence-electron chi connectivity index (χ2n) is 7.10. The number of aliphatic carboxylic acids is 2. The maximum Gasteiger partial charge on any atom is 0.332 e. The highest BCUT2D eigenvalue weighted by atomic mass is 16.4. The number of amides is 2. The van der Waals surface area contributed by atoms with Gasteiger partial charge in [0.1, 0.15) is 0 Å². The molecule has 26 heavy (non-hydrogen) atoms. The van der Waals surface area contributed by atoms with E-state index in [1.807, 2.05) is 0 Å². The highest BCUT2D eigenvalue weighted by molar-refractivity contribution is 5.99. The van der Waals surface area contributed by atoms with Crippen LogP contribution in [-0.4, -0.2) is 46.0 Å². The SMILES string of the molecule is CC(C)C(=O)N[C@H](C)C/C(C(=O)O)=C(/C[C@@H](C)NC(=O)C(C)C)C(=O)O. The molecule has 0 aliphatic rings. The molecule has 0 aliphatic carbocycles. The molecule has 0 aromatic heterocycles. The molecule has 0 aliphatic heterocycles. The molecule has 0 aromatic rings. The van der Waals surface area contributed by atoms with Crippen LogP contribution in [0.25, 0.3) is 0 Å². The second-order valence-corrected chi connectivity index (χ2v) is 7.10. The van der Waals surface area contributed by atoms with Gasteiger partial charge in [0, 0.05) is 47.9 Å². The maximum atomic E-state index is 11.7. The zero-order valence-electron chi connectivity index (χ0n) is 16.3. The van der Waals surface area contributed by atoms with Gasteiger partial charge in [-0.15, -0.1) is 0 Å². The first kappa shape index (κ1) is 23.6. The lowest BCUT2D eigenvalue weighted by Crippen LogP contribution is -2.38. The fourth-order valence-corrected chi connectivity index (χ4v) is 2.21. The van der Waals surface area contributed by atoms with Crippen molar-refractivity contribution >= 4 is 23.8 Å². The minimum absolute atomic E-state index is 0.125. The van der Waals surface area contributed by atoms with Gasteiger partial charge in [0.2, 0.25) is 11.8 Å². The van der Waals surface area contributed by atoms with Crippen molar-refractivity contribution in [3.05, 3.63) is 11.1 Å². The van der Waals surface area contributed by atoms with Crippen molar-refractivity contribution < 1.29 is 29.4 Å². The third-order valence-electron chi connectivity index (χ3n) is 3.73. The predicted octanol–water partition coefficient (Wildman–Crippen LogP) is 1.55. The van der Waals surface area contributed by atoms with Crippen LogP contribution in [0.3, 0.4) is 0 Å². The molecule has 8 heteroatoms. The third-order valence-corrected chi connectivity index (χ3v) is 3.73. The van der Waals surface area contributed by atoms with Crippen molar-refractivity contribution in [3.63, 3.8) is 0 Å². The van der Waals surface area contributed by atoms with Gasteiger partial charge in [-0.25, -0.2) is 9.59 Å². The normalized spacial score (nSPS) is 14.5. The molecule has 8 nitrogen and oxygen atoms in total. The fraction of sp³-hybridized carbons (Fsp3) is 0.667. The highest BCUT2D eigenvalue weighted by Gasteiger charge is 2.25. The van der Waals surface area contributed by atoms with E-state index >= 15 is 0 Å². The Balaban J connectivity index is 5.41. The number of carboxylic acids is 2. The maximum absolute atomic E-state index is 11.7. The molecule has 2 amide bonds. The van der Waals surface area contributed by atoms with Crippen LogP contribution in [0.2, 0.25) is 0 Å². The molecule has 0 saturated carbocycles. The van der Waals surface area contributed by atoms with E-state index in [-0.39, 0.29) is 47.6 Å². The van der Waals surface area contributed by atoms with Crippen LogP contribution < -0.4 is 10.6 Å². The summed E-state index contributed by atoms with van der Waals surface area (Å²) in [6.07, 6.45) is -0.249. The van der Waals surface area contributed by atoms with E-state index in [9.17, 15) is 29.4 Å². The van der Waals surface area contributed by atoms with Crippen molar-refractivity contribution in [1.29, 1.82) is 0 Å². The lowest BCUT2D eigenvalue weighted by molar-refractivity contribution is -0.136. The summed E-state index contributed by atoms with van der Waals surface area (Å²) in [6.45, 7) is 10.1. The van der Waals surface area contributed by atoms with E-state index in [4.69, 9.17) is 0 Å². The number of hydrogen-bond donors (Lipinski definition) is 4. The molecule has 148 valence electrons. The van der Waals surface area contributed by atoms with Crippen molar-refractivity contribution in [3.8, 4) is 0 Å². The number of carbonyl (C=O) groups is 4. The molecular weight excluding hydrogens is 340 g/mol. The van der Waals surface area contributed by atoms with E-state index < -0.39 is 24.0 Å². The van der Waals surface area contributed by atoms with E-state index in [2.05, 4.69) is 10.6 Å². The quantitative estimate of drug-likeness (QED) is 0.431. The summed E-state index contributed by atoms with van der Waals surface area (Å²) in [7, 11) is 0. The molecule has 0 rings (SSSR count). The van der Waals surface area contributed by atoms with Gasteiger partial charge in [-0.2, -0.15) is 0 Å². The first-order chi connectivity index (χ1) is 11.9. The van der Waals surface area contributed by atoms with Crippen LogP contribution in [0.4, 0.5) is 0 Å². The van der Waals surface area contributed by atoms with Crippen LogP contribution in [0.15, 0.2) is 11.1 Å². The molecule has 0 fully saturated rings. The van der Waals surface area contributed by atoms with Gasteiger partial charge in [0.15, 0.2) is 0 Å². The van der Waals surface area contributed by atoms with E-state index in [0.29, 0.717) is 0 Å². The summed E-state index contributed by atoms with van der Waals surface area (Å²) in [4.78, 5) is 46.6. The molecule has 0 radical (unpaired) electrons. The smallest absolute Gasteiger partial charge is 0.332 e. The van der Waals surface area contributed by atoms with Crippen LogP contribution in [0.5, 0.6) is 0 Å². The van der Waals surface area contributed by atoms with Crippen LogP contribution in [0, 0.1) is 11.8 Å². The number of carbonyl (C=O) groups excluding carboxylic acids is 2.